The Labute approximate surface area is 143 Å². The van der Waals surface area contributed by atoms with E-state index in [-0.39, 0.29) is 24.1 Å². The van der Waals surface area contributed by atoms with Gasteiger partial charge in [-0.3, -0.25) is 14.9 Å². The first-order valence-corrected chi connectivity index (χ1v) is 8.50. The quantitative estimate of drug-likeness (QED) is 0.772. The van der Waals surface area contributed by atoms with Gasteiger partial charge >= 0.3 is 11.9 Å². The molecule has 7 nitrogen and oxygen atoms in total. The largest absolute Gasteiger partial charge is 0.466 e. The maximum atomic E-state index is 12.4. The maximum absolute atomic E-state index is 12.4. The Balaban J connectivity index is 2.11. The van der Waals surface area contributed by atoms with E-state index in [1.807, 2.05) is 34.6 Å². The summed E-state index contributed by atoms with van der Waals surface area (Å²) in [4.78, 5) is 24.7. The van der Waals surface area contributed by atoms with Gasteiger partial charge in [0, 0.05) is 6.04 Å². The molecule has 0 unspecified atom stereocenters. The second kappa shape index (κ2) is 6.98. The summed E-state index contributed by atoms with van der Waals surface area (Å²) in [5.74, 6) is -1.85. The van der Waals surface area contributed by atoms with Crippen LogP contribution in [0.4, 0.5) is 0 Å². The molecule has 0 amide bonds. The predicted molar refractivity (Wildman–Crippen MR) is 86.2 cm³/mol. The number of carbonyl (C=O) groups is 2. The molecule has 0 saturated carbocycles. The van der Waals surface area contributed by atoms with Crippen LogP contribution >= 0.6 is 0 Å². The molecule has 2 heterocycles. The highest BCUT2D eigenvalue weighted by Crippen LogP contribution is 2.33. The lowest BCUT2D eigenvalue weighted by atomic mass is 9.95. The van der Waals surface area contributed by atoms with Crippen LogP contribution in [0.3, 0.4) is 0 Å². The Bertz CT molecular complexity index is 484. The van der Waals surface area contributed by atoms with E-state index in [0.29, 0.717) is 19.6 Å². The zero-order chi connectivity index (χ0) is 18.1. The fourth-order valence-electron chi connectivity index (χ4n) is 3.11. The third-order valence-electron chi connectivity index (χ3n) is 4.03. The number of nitrogens with one attached hydrogen (secondary N) is 1. The van der Waals surface area contributed by atoms with Crippen LogP contribution in [0.1, 0.15) is 48.0 Å². The van der Waals surface area contributed by atoms with Crippen LogP contribution in [0.5, 0.6) is 0 Å². The summed E-state index contributed by atoms with van der Waals surface area (Å²) in [5.41, 5.74) is -0.578. The van der Waals surface area contributed by atoms with Gasteiger partial charge in [-0.15, -0.1) is 0 Å². The number of rotatable bonds is 4. The van der Waals surface area contributed by atoms with E-state index in [1.54, 1.807) is 6.92 Å². The molecule has 2 rings (SSSR count). The van der Waals surface area contributed by atoms with E-state index in [2.05, 4.69) is 5.32 Å². The minimum absolute atomic E-state index is 0.298. The molecule has 2 aliphatic heterocycles. The molecule has 7 heteroatoms. The summed E-state index contributed by atoms with van der Waals surface area (Å²) in [6.07, 6.45) is 0.0143. The number of esters is 2. The van der Waals surface area contributed by atoms with Gasteiger partial charge in [0.05, 0.1) is 19.1 Å². The molecule has 0 bridgehead atoms. The minimum atomic E-state index is -0.699. The summed E-state index contributed by atoms with van der Waals surface area (Å²) >= 11 is 0. The molecule has 0 aliphatic carbocycles. The summed E-state index contributed by atoms with van der Waals surface area (Å²) in [7, 11) is 0. The fraction of sp³-hybridized carbons (Fsp3) is 0.882. The van der Waals surface area contributed by atoms with Gasteiger partial charge < -0.3 is 18.9 Å². The van der Waals surface area contributed by atoms with Crippen molar-refractivity contribution < 1.29 is 28.5 Å². The first kappa shape index (κ1) is 19.1. The minimum Gasteiger partial charge on any atom is -0.466 e. The number of hydrogen-bond acceptors (Lipinski definition) is 7. The highest BCUT2D eigenvalue weighted by Gasteiger charge is 2.50. The van der Waals surface area contributed by atoms with E-state index in [1.165, 1.54) is 0 Å². The van der Waals surface area contributed by atoms with Crippen LogP contribution in [0.25, 0.3) is 0 Å². The average Bonchev–Trinajstić information content (AvgIpc) is 3.00. The fourth-order valence-corrected chi connectivity index (χ4v) is 3.11. The van der Waals surface area contributed by atoms with Crippen molar-refractivity contribution in [3.63, 3.8) is 0 Å². The lowest BCUT2D eigenvalue weighted by molar-refractivity contribution is -0.157. The smallest absolute Gasteiger partial charge is 0.323 e. The topological polar surface area (TPSA) is 83.1 Å². The molecule has 24 heavy (non-hydrogen) atoms. The van der Waals surface area contributed by atoms with E-state index in [9.17, 15) is 9.59 Å². The normalized spacial score (nSPS) is 32.6. The zero-order valence-electron chi connectivity index (χ0n) is 15.4. The van der Waals surface area contributed by atoms with Crippen molar-refractivity contribution in [3.05, 3.63) is 0 Å². The number of hydrogen-bond donors (Lipinski definition) is 1. The summed E-state index contributed by atoms with van der Waals surface area (Å²) < 4.78 is 22.1. The molecule has 0 aromatic carbocycles. The van der Waals surface area contributed by atoms with E-state index in [4.69, 9.17) is 18.9 Å². The van der Waals surface area contributed by atoms with Gasteiger partial charge in [-0.1, -0.05) is 0 Å². The van der Waals surface area contributed by atoms with Gasteiger partial charge in [-0.2, -0.15) is 0 Å². The molecule has 2 saturated heterocycles. The SMILES string of the molecule is CCOC(=O)[C@@H]1C[C@H](C(=O)OC(C)(C)C)N[C@@H]1[C@H]1COC(C)(C)O1. The van der Waals surface area contributed by atoms with Gasteiger partial charge in [0.2, 0.25) is 0 Å². The third kappa shape index (κ3) is 4.68. The number of ether oxygens (including phenoxy) is 4. The Kier molecular flexibility index (Phi) is 5.57. The summed E-state index contributed by atoms with van der Waals surface area (Å²) in [6.45, 7) is 11.5. The highest BCUT2D eigenvalue weighted by atomic mass is 16.7. The molecule has 2 aliphatic rings. The van der Waals surface area contributed by atoms with Crippen LogP contribution in [-0.4, -0.2) is 54.7 Å². The molecule has 0 radical (unpaired) electrons. The van der Waals surface area contributed by atoms with Crippen molar-refractivity contribution >= 4 is 11.9 Å². The van der Waals surface area contributed by atoms with Gasteiger partial charge in [-0.05, 0) is 48.0 Å². The van der Waals surface area contributed by atoms with Crippen LogP contribution < -0.4 is 5.32 Å². The van der Waals surface area contributed by atoms with Gasteiger partial charge in [-0.25, -0.2) is 0 Å². The van der Waals surface area contributed by atoms with Crippen molar-refractivity contribution in [3.8, 4) is 0 Å². The van der Waals surface area contributed by atoms with Crippen molar-refractivity contribution in [1.29, 1.82) is 0 Å². The van der Waals surface area contributed by atoms with Crippen LogP contribution in [0.15, 0.2) is 0 Å². The summed E-state index contributed by atoms with van der Waals surface area (Å²) in [6, 6.07) is -0.903. The van der Waals surface area contributed by atoms with Crippen LogP contribution in [-0.2, 0) is 28.5 Å². The van der Waals surface area contributed by atoms with Crippen LogP contribution in [0.2, 0.25) is 0 Å². The second-order valence-corrected chi connectivity index (χ2v) is 7.74. The average molecular weight is 343 g/mol. The molecule has 0 aromatic rings. The summed E-state index contributed by atoms with van der Waals surface area (Å²) in [5, 5.41) is 3.20. The van der Waals surface area contributed by atoms with E-state index < -0.39 is 23.3 Å². The third-order valence-corrected chi connectivity index (χ3v) is 4.03. The lowest BCUT2D eigenvalue weighted by Crippen LogP contribution is -2.47. The molecule has 2 fully saturated rings. The highest BCUT2D eigenvalue weighted by molar-refractivity contribution is 5.80. The van der Waals surface area contributed by atoms with Crippen LogP contribution in [0, 0.1) is 5.92 Å². The van der Waals surface area contributed by atoms with E-state index in [0.717, 1.165) is 0 Å². The maximum Gasteiger partial charge on any atom is 0.323 e. The zero-order valence-corrected chi connectivity index (χ0v) is 15.4. The first-order valence-electron chi connectivity index (χ1n) is 8.50. The standard InChI is InChI=1S/C17H29NO6/c1-7-21-14(19)10-8-11(15(20)24-16(2,3)4)18-13(10)12-9-22-17(5,6)23-12/h10-13,18H,7-9H2,1-6H3/t10-,11-,12-,13+/m1/s1. The second-order valence-electron chi connectivity index (χ2n) is 7.74. The lowest BCUT2D eigenvalue weighted by Gasteiger charge is -2.25. The molecule has 0 aromatic heterocycles. The molecule has 138 valence electrons. The van der Waals surface area contributed by atoms with Crippen molar-refractivity contribution in [2.75, 3.05) is 13.2 Å². The van der Waals surface area contributed by atoms with Crippen molar-refractivity contribution in [2.45, 2.75) is 77.5 Å². The van der Waals surface area contributed by atoms with Crippen molar-refractivity contribution in [1.82, 2.24) is 5.32 Å². The monoisotopic (exact) mass is 343 g/mol. The Hall–Kier alpha value is -1.18. The predicted octanol–water partition coefficient (Wildman–Crippen LogP) is 1.39. The van der Waals surface area contributed by atoms with Gasteiger partial charge in [0.25, 0.3) is 0 Å². The molecular formula is C17H29NO6. The Morgan fingerprint density at radius 3 is 2.42 bits per heavy atom. The van der Waals surface area contributed by atoms with Crippen molar-refractivity contribution in [2.24, 2.45) is 5.92 Å². The van der Waals surface area contributed by atoms with Gasteiger partial charge in [0.1, 0.15) is 17.7 Å². The Morgan fingerprint density at radius 1 is 1.25 bits per heavy atom. The molecule has 1 N–H and O–H groups in total. The molecule has 4 atom stereocenters. The molecule has 0 spiro atoms. The molecular weight excluding hydrogens is 314 g/mol. The van der Waals surface area contributed by atoms with E-state index >= 15 is 0 Å². The van der Waals surface area contributed by atoms with Gasteiger partial charge in [0.15, 0.2) is 5.79 Å². The Morgan fingerprint density at radius 2 is 1.92 bits per heavy atom. The first-order chi connectivity index (χ1) is 11.0. The number of carbonyl (C=O) groups excluding carboxylic acids is 2.